The predicted octanol–water partition coefficient (Wildman–Crippen LogP) is 3.29. The largest absolute Gasteiger partial charge is 0.386 e. The maximum Gasteiger partial charge on any atom is 0.386 e. The number of alkyl halides is 2. The first-order chi connectivity index (χ1) is 24.9. The lowest BCUT2D eigenvalue weighted by molar-refractivity contribution is -0.0546. The molecule has 24 heteroatoms. The molecule has 272 valence electrons. The van der Waals surface area contributed by atoms with E-state index in [-0.39, 0.29) is 22.6 Å². The maximum absolute atomic E-state index is 16.4. The topological polar surface area (TPSA) is 206 Å². The van der Waals surface area contributed by atoms with Crippen molar-refractivity contribution in [3.05, 3.63) is 66.9 Å². The van der Waals surface area contributed by atoms with Gasteiger partial charge in [0.25, 0.3) is 20.9 Å². The van der Waals surface area contributed by atoms with Crippen LogP contribution in [0.15, 0.2) is 55.6 Å². The van der Waals surface area contributed by atoms with Crippen LogP contribution in [0, 0.1) is 6.92 Å². The lowest BCUT2D eigenvalue weighted by Gasteiger charge is -2.29. The molecule has 0 radical (unpaired) electrons. The lowest BCUT2D eigenvalue weighted by Crippen LogP contribution is -2.37. The number of carbonyl (C=O) groups excluding carboxylic acids is 1. The summed E-state index contributed by atoms with van der Waals surface area (Å²) in [5, 5.41) is 2.67. The Hall–Kier alpha value is -3.72. The molecule has 1 N–H and O–H groups in total. The van der Waals surface area contributed by atoms with Gasteiger partial charge in [-0.25, -0.2) is 43.2 Å². The average Bonchev–Trinajstić information content (AvgIpc) is 3.88. The smallest absolute Gasteiger partial charge is 0.346 e. The van der Waals surface area contributed by atoms with E-state index in [0.29, 0.717) is 16.8 Å². The summed E-state index contributed by atoms with van der Waals surface area (Å²) in [7, 11) is -3.01. The van der Waals surface area contributed by atoms with Gasteiger partial charge in [0.2, 0.25) is 0 Å². The van der Waals surface area contributed by atoms with Crippen molar-refractivity contribution in [3.63, 3.8) is 0 Å². The van der Waals surface area contributed by atoms with Crippen molar-refractivity contribution in [2.45, 2.75) is 56.1 Å². The Bertz CT molecular complexity index is 2260. The highest BCUT2D eigenvalue weighted by molar-refractivity contribution is 8.44. The monoisotopic (exact) mass is 777 g/mol. The van der Waals surface area contributed by atoms with Crippen LogP contribution in [-0.4, -0.2) is 102 Å². The summed E-state index contributed by atoms with van der Waals surface area (Å²) in [5.74, 6) is -0.404. The van der Waals surface area contributed by atoms with Gasteiger partial charge in [0.1, 0.15) is 42.6 Å². The van der Waals surface area contributed by atoms with E-state index in [4.69, 9.17) is 27.6 Å². The lowest BCUT2D eigenvalue weighted by atomic mass is 10.1. The number of hydrogen-bond donors (Lipinski definition) is 2. The van der Waals surface area contributed by atoms with Crippen LogP contribution in [0.5, 0.6) is 0 Å². The van der Waals surface area contributed by atoms with E-state index in [2.05, 4.69) is 47.5 Å². The molecule has 52 heavy (non-hydrogen) atoms. The molecule has 5 aromatic rings. The number of aryl methyl sites for hydroxylation is 1. The van der Waals surface area contributed by atoms with Crippen molar-refractivity contribution in [3.8, 4) is 0 Å². The maximum atomic E-state index is 16.4. The minimum atomic E-state index is -4.42. The molecule has 0 spiro atoms. The number of carbonyl (C=O) groups is 1. The van der Waals surface area contributed by atoms with E-state index in [9.17, 15) is 13.9 Å². The van der Waals surface area contributed by atoms with Crippen molar-refractivity contribution in [2.24, 2.45) is 0 Å². The van der Waals surface area contributed by atoms with Gasteiger partial charge < -0.3 is 23.8 Å². The van der Waals surface area contributed by atoms with Gasteiger partial charge in [0.15, 0.2) is 47.4 Å². The summed E-state index contributed by atoms with van der Waals surface area (Å²) in [5.41, 5.74) is 1.81. The fraction of sp³-hybridized carbons (Fsp3) is 0.393. The van der Waals surface area contributed by atoms with Gasteiger partial charge in [0.05, 0.1) is 31.6 Å². The number of nitrogens with zero attached hydrogens (tertiary/aromatic N) is 8. The number of rotatable bonds is 4. The highest BCUT2D eigenvalue weighted by Crippen LogP contribution is 2.58. The Morgan fingerprint density at radius 2 is 1.42 bits per heavy atom. The number of nitrogens with one attached hydrogen (secondary N) is 1. The number of aromatic nitrogens is 8. The standard InChI is InChI=1S/C28H28BF2N9O9P2S/c1-13-19-24(34-9-32-13)39(11-36-19)27-17(30)21-16(47-27)8-45-51(43,52)49-22-15(7-44-50(29,42)48-21)46-28(18(22)31)40-12-37-20-23(33-10-35-25(20)40)38-26(41)14-5-3-2-4-6-14/h2-6,9-12,15-18,21-22,27-28H,7-8,29H2,1H3,(H,43,52)(H,33,35,38,41)/t15-,16-,17-,18-,21-,22-,27-,28-,50?,51+/m1/s1. The number of imidazole rings is 2. The zero-order valence-corrected chi connectivity index (χ0v) is 29.8. The van der Waals surface area contributed by atoms with Crippen LogP contribution in [0.3, 0.4) is 0 Å². The number of fused-ring (bicyclic) bond motifs is 4. The molecule has 3 aliphatic rings. The molecule has 3 fully saturated rings. The van der Waals surface area contributed by atoms with E-state index in [0.717, 1.165) is 13.9 Å². The van der Waals surface area contributed by atoms with Crippen molar-refractivity contribution < 1.29 is 50.3 Å². The Balaban J connectivity index is 1.04. The highest BCUT2D eigenvalue weighted by Gasteiger charge is 2.54. The van der Waals surface area contributed by atoms with Crippen molar-refractivity contribution in [1.29, 1.82) is 0 Å². The molecule has 10 atom stereocenters. The highest BCUT2D eigenvalue weighted by atomic mass is 32.7. The molecule has 0 aliphatic carbocycles. The first-order valence-corrected chi connectivity index (χ1v) is 20.4. The van der Waals surface area contributed by atoms with E-state index >= 15 is 8.78 Å². The second-order valence-electron chi connectivity index (χ2n) is 12.1. The predicted molar refractivity (Wildman–Crippen MR) is 182 cm³/mol. The molecular weight excluding hydrogens is 749 g/mol. The summed E-state index contributed by atoms with van der Waals surface area (Å²) in [6, 6.07) is 8.40. The minimum Gasteiger partial charge on any atom is -0.346 e. The molecule has 7 heterocycles. The van der Waals surface area contributed by atoms with Crippen molar-refractivity contribution >= 4 is 68.1 Å². The average molecular weight is 777 g/mol. The molecule has 1 amide bonds. The number of hydrogen-bond acceptors (Lipinski definition) is 15. The molecule has 18 nitrogen and oxygen atoms in total. The second kappa shape index (κ2) is 13.6. The van der Waals surface area contributed by atoms with Gasteiger partial charge >= 0.3 is 6.80 Å². The number of ether oxygens (including phenoxy) is 2. The number of thiol groups is 1. The SMILES string of the molecule is BP1(=O)OC[C@H]2O[C@@H](n3cnc4c(NC(=O)c5ccccc5)ncnc43)[C@H](F)[C@@H]2O[P@@](=O)(S)OC[C@H]2O[C@@H](n3cnc4c(C)ncnc43)[C@H](F)[C@@H]2O1. The third-order valence-electron chi connectivity index (χ3n) is 8.69. The van der Waals surface area contributed by atoms with Crippen molar-refractivity contribution in [2.75, 3.05) is 18.5 Å². The van der Waals surface area contributed by atoms with Crippen LogP contribution in [0.4, 0.5) is 14.6 Å². The van der Waals surface area contributed by atoms with E-state index in [1.54, 1.807) is 37.3 Å². The summed E-state index contributed by atoms with van der Waals surface area (Å²) < 4.78 is 96.6. The van der Waals surface area contributed by atoms with Gasteiger partial charge in [0, 0.05) is 5.56 Å². The zero-order chi connectivity index (χ0) is 36.4. The fourth-order valence-corrected chi connectivity index (χ4v) is 8.88. The van der Waals surface area contributed by atoms with Gasteiger partial charge in [-0.05, 0) is 19.1 Å². The molecule has 3 aliphatic heterocycles. The number of amides is 1. The van der Waals surface area contributed by atoms with Crippen LogP contribution >= 0.6 is 26.5 Å². The van der Waals surface area contributed by atoms with Gasteiger partial charge in [-0.15, -0.1) is 0 Å². The first-order valence-electron chi connectivity index (χ1n) is 15.7. The Morgan fingerprint density at radius 3 is 2.10 bits per heavy atom. The van der Waals surface area contributed by atoms with Crippen LogP contribution in [0.1, 0.15) is 28.5 Å². The van der Waals surface area contributed by atoms with E-state index in [1.165, 1.54) is 28.1 Å². The van der Waals surface area contributed by atoms with Crippen LogP contribution in [0.25, 0.3) is 22.3 Å². The van der Waals surface area contributed by atoms with Gasteiger partial charge in [-0.2, -0.15) is 0 Å². The molecule has 1 aromatic carbocycles. The summed E-state index contributed by atoms with van der Waals surface area (Å²) in [6.07, 6.45) is -7.78. The number of halogens is 2. The third-order valence-corrected chi connectivity index (χ3v) is 11.6. The number of anilines is 1. The molecule has 4 aromatic heterocycles. The minimum absolute atomic E-state index is 0.0557. The quantitative estimate of drug-likeness (QED) is 0.153. The normalized spacial score (nSPS) is 34.0. The second-order valence-corrected chi connectivity index (χ2v) is 17.0. The van der Waals surface area contributed by atoms with Gasteiger partial charge in [-0.1, -0.05) is 30.4 Å². The summed E-state index contributed by atoms with van der Waals surface area (Å²) >= 11 is 4.06. The summed E-state index contributed by atoms with van der Waals surface area (Å²) in [4.78, 5) is 37.9. The molecule has 8 rings (SSSR count). The number of benzene rings is 1. The van der Waals surface area contributed by atoms with Crippen LogP contribution < -0.4 is 5.32 Å². The first kappa shape index (κ1) is 35.3. The third kappa shape index (κ3) is 6.56. The fourth-order valence-electron chi connectivity index (χ4n) is 6.22. The van der Waals surface area contributed by atoms with Crippen LogP contribution in [0.2, 0.25) is 0 Å². The Labute approximate surface area is 298 Å². The Kier molecular flexibility index (Phi) is 9.24. The van der Waals surface area contributed by atoms with Crippen LogP contribution in [-0.2, 0) is 36.7 Å². The molecule has 3 saturated heterocycles. The van der Waals surface area contributed by atoms with E-state index in [1.807, 2.05) is 0 Å². The molecular formula is C28H28BF2N9O9P2S. The molecule has 1 unspecified atom stereocenters. The molecule has 0 saturated carbocycles. The summed E-state index contributed by atoms with van der Waals surface area (Å²) in [6.45, 7) is -3.94. The zero-order valence-electron chi connectivity index (χ0n) is 27.1. The Morgan fingerprint density at radius 1 is 0.846 bits per heavy atom. The molecule has 0 bridgehead atoms. The van der Waals surface area contributed by atoms with Crippen molar-refractivity contribution in [1.82, 2.24) is 39.0 Å². The van der Waals surface area contributed by atoms with E-state index < -0.39 is 82.6 Å². The van der Waals surface area contributed by atoms with Gasteiger partial charge in [-0.3, -0.25) is 27.5 Å².